The van der Waals surface area contributed by atoms with E-state index in [1.807, 2.05) is 0 Å². The maximum atomic E-state index is 5.97. The summed E-state index contributed by atoms with van der Waals surface area (Å²) in [4.78, 5) is 0. The minimum Gasteiger partial charge on any atom is -0.378 e. The van der Waals surface area contributed by atoms with Gasteiger partial charge < -0.3 is 10.1 Å². The fourth-order valence-corrected chi connectivity index (χ4v) is 3.46. The highest BCUT2D eigenvalue weighted by atomic mass is 16.5. The fourth-order valence-electron chi connectivity index (χ4n) is 3.46. The van der Waals surface area contributed by atoms with Crippen LogP contribution in [0.1, 0.15) is 78.1 Å². The van der Waals surface area contributed by atoms with Crippen molar-refractivity contribution in [1.29, 1.82) is 0 Å². The third kappa shape index (κ3) is 5.83. The lowest BCUT2D eigenvalue weighted by molar-refractivity contribution is 0.0268. The first-order chi connectivity index (χ1) is 9.16. The highest BCUT2D eigenvalue weighted by molar-refractivity contribution is 4.81. The molecule has 19 heavy (non-hydrogen) atoms. The van der Waals surface area contributed by atoms with Crippen molar-refractivity contribution in [3.05, 3.63) is 0 Å². The van der Waals surface area contributed by atoms with Crippen LogP contribution in [0.3, 0.4) is 0 Å². The van der Waals surface area contributed by atoms with Gasteiger partial charge in [0, 0.05) is 12.6 Å². The van der Waals surface area contributed by atoms with Gasteiger partial charge in [-0.15, -0.1) is 0 Å². The molecule has 0 aromatic heterocycles. The molecule has 0 aromatic rings. The van der Waals surface area contributed by atoms with Gasteiger partial charge in [0.15, 0.2) is 0 Å². The minimum absolute atomic E-state index is 0.573. The molecule has 2 saturated carbocycles. The Bertz CT molecular complexity index is 236. The third-order valence-corrected chi connectivity index (χ3v) is 5.00. The van der Waals surface area contributed by atoms with Crippen LogP contribution in [0.25, 0.3) is 0 Å². The predicted molar refractivity (Wildman–Crippen MR) is 81.5 cm³/mol. The molecule has 0 aliphatic heterocycles. The Kier molecular flexibility index (Phi) is 6.15. The molecule has 2 nitrogen and oxygen atoms in total. The molecule has 0 amide bonds. The number of nitrogens with one attached hydrogen (secondary N) is 1. The van der Waals surface area contributed by atoms with Crippen molar-refractivity contribution in [3.8, 4) is 0 Å². The van der Waals surface area contributed by atoms with Gasteiger partial charge in [-0.25, -0.2) is 0 Å². The summed E-state index contributed by atoms with van der Waals surface area (Å²) in [6.45, 7) is 6.90. The number of hydrogen-bond acceptors (Lipinski definition) is 2. The van der Waals surface area contributed by atoms with Gasteiger partial charge in [0.2, 0.25) is 0 Å². The van der Waals surface area contributed by atoms with E-state index < -0.39 is 0 Å². The second-order valence-corrected chi connectivity index (χ2v) is 7.38. The topological polar surface area (TPSA) is 21.3 Å². The molecule has 1 N–H and O–H groups in total. The van der Waals surface area contributed by atoms with Gasteiger partial charge in [0.1, 0.15) is 0 Å². The third-order valence-electron chi connectivity index (χ3n) is 5.00. The van der Waals surface area contributed by atoms with Crippen LogP contribution < -0.4 is 5.32 Å². The van der Waals surface area contributed by atoms with Gasteiger partial charge in [0.25, 0.3) is 0 Å². The molecule has 0 spiro atoms. The summed E-state index contributed by atoms with van der Waals surface area (Å²) in [7, 11) is 0. The molecule has 2 fully saturated rings. The molecule has 2 heteroatoms. The Balaban J connectivity index is 1.46. The zero-order valence-corrected chi connectivity index (χ0v) is 13.0. The smallest absolute Gasteiger partial charge is 0.0575 e. The SMILES string of the molecule is CC1(C)CCC(NCCCOC2CCCCC2)CC1. The average Bonchev–Trinajstić information content (AvgIpc) is 2.41. The summed E-state index contributed by atoms with van der Waals surface area (Å²) in [5, 5.41) is 3.72. The number of ether oxygens (including phenoxy) is 1. The molecule has 0 bridgehead atoms. The molecule has 2 aliphatic rings. The molecule has 0 heterocycles. The molecule has 0 unspecified atom stereocenters. The molecule has 0 atom stereocenters. The van der Waals surface area contributed by atoms with Crippen molar-refractivity contribution in [1.82, 2.24) is 5.32 Å². The predicted octanol–water partition coefficient (Wildman–Crippen LogP) is 4.28. The van der Waals surface area contributed by atoms with E-state index in [-0.39, 0.29) is 0 Å². The van der Waals surface area contributed by atoms with Crippen LogP contribution >= 0.6 is 0 Å². The van der Waals surface area contributed by atoms with E-state index >= 15 is 0 Å². The Morgan fingerprint density at radius 1 is 1.00 bits per heavy atom. The summed E-state index contributed by atoms with van der Waals surface area (Å²) in [5.74, 6) is 0. The van der Waals surface area contributed by atoms with Crippen LogP contribution in [0.4, 0.5) is 0 Å². The lowest BCUT2D eigenvalue weighted by Gasteiger charge is -2.34. The summed E-state index contributed by atoms with van der Waals surface area (Å²) in [5.41, 5.74) is 0.586. The van der Waals surface area contributed by atoms with Gasteiger partial charge in [-0.2, -0.15) is 0 Å². The van der Waals surface area contributed by atoms with Crippen LogP contribution in [-0.4, -0.2) is 25.3 Å². The first kappa shape index (κ1) is 15.3. The van der Waals surface area contributed by atoms with Crippen molar-refractivity contribution >= 4 is 0 Å². The summed E-state index contributed by atoms with van der Waals surface area (Å²) in [6.07, 6.45) is 14.0. The first-order valence-corrected chi connectivity index (χ1v) is 8.51. The number of hydrogen-bond donors (Lipinski definition) is 1. The van der Waals surface area contributed by atoms with E-state index in [1.54, 1.807) is 0 Å². The van der Waals surface area contributed by atoms with Crippen LogP contribution in [0.15, 0.2) is 0 Å². The summed E-state index contributed by atoms with van der Waals surface area (Å²) < 4.78 is 5.97. The lowest BCUT2D eigenvalue weighted by atomic mass is 9.75. The van der Waals surface area contributed by atoms with Crippen molar-refractivity contribution in [2.24, 2.45) is 5.41 Å². The lowest BCUT2D eigenvalue weighted by Crippen LogP contribution is -2.36. The van der Waals surface area contributed by atoms with Crippen molar-refractivity contribution in [2.45, 2.75) is 90.2 Å². The van der Waals surface area contributed by atoms with E-state index in [1.165, 1.54) is 64.2 Å². The first-order valence-electron chi connectivity index (χ1n) is 8.51. The minimum atomic E-state index is 0.573. The Labute approximate surface area is 119 Å². The standard InChI is InChI=1S/C17H33NO/c1-17(2)11-9-15(10-12-17)18-13-6-14-19-16-7-4-3-5-8-16/h15-16,18H,3-14H2,1-2H3. The zero-order chi connectivity index (χ0) is 13.6. The molecule has 0 aromatic carbocycles. The highest BCUT2D eigenvalue weighted by Gasteiger charge is 2.26. The van der Waals surface area contributed by atoms with Gasteiger partial charge in [-0.05, 0) is 56.9 Å². The number of rotatable bonds is 6. The largest absolute Gasteiger partial charge is 0.378 e. The monoisotopic (exact) mass is 267 g/mol. The van der Waals surface area contributed by atoms with Crippen molar-refractivity contribution in [2.75, 3.05) is 13.2 Å². The molecule has 2 rings (SSSR count). The molecule has 2 aliphatic carbocycles. The maximum absolute atomic E-state index is 5.97. The van der Waals surface area contributed by atoms with E-state index in [0.717, 1.165) is 19.2 Å². The van der Waals surface area contributed by atoms with Crippen LogP contribution in [0.5, 0.6) is 0 Å². The van der Waals surface area contributed by atoms with Crippen LogP contribution in [-0.2, 0) is 4.74 Å². The van der Waals surface area contributed by atoms with Crippen molar-refractivity contribution < 1.29 is 4.74 Å². The normalized spacial score (nSPS) is 25.6. The van der Waals surface area contributed by atoms with Gasteiger partial charge >= 0.3 is 0 Å². The van der Waals surface area contributed by atoms with E-state index in [0.29, 0.717) is 11.5 Å². The molecule has 0 radical (unpaired) electrons. The molecular formula is C17H33NO. The van der Waals surface area contributed by atoms with E-state index in [9.17, 15) is 0 Å². The quantitative estimate of drug-likeness (QED) is 0.725. The fraction of sp³-hybridized carbons (Fsp3) is 1.00. The Morgan fingerprint density at radius 2 is 1.68 bits per heavy atom. The van der Waals surface area contributed by atoms with E-state index in [4.69, 9.17) is 4.74 Å². The second-order valence-electron chi connectivity index (χ2n) is 7.38. The molecule has 112 valence electrons. The maximum Gasteiger partial charge on any atom is 0.0575 e. The zero-order valence-electron chi connectivity index (χ0n) is 13.0. The van der Waals surface area contributed by atoms with Crippen LogP contribution in [0.2, 0.25) is 0 Å². The Hall–Kier alpha value is -0.0800. The average molecular weight is 267 g/mol. The van der Waals surface area contributed by atoms with Crippen LogP contribution in [0, 0.1) is 5.41 Å². The highest BCUT2D eigenvalue weighted by Crippen LogP contribution is 2.34. The van der Waals surface area contributed by atoms with Gasteiger partial charge in [-0.1, -0.05) is 33.1 Å². The molecular weight excluding hydrogens is 234 g/mol. The Morgan fingerprint density at radius 3 is 2.37 bits per heavy atom. The second kappa shape index (κ2) is 7.64. The van der Waals surface area contributed by atoms with Gasteiger partial charge in [0.05, 0.1) is 6.10 Å². The van der Waals surface area contributed by atoms with Crippen molar-refractivity contribution in [3.63, 3.8) is 0 Å². The van der Waals surface area contributed by atoms with Gasteiger partial charge in [-0.3, -0.25) is 0 Å². The van der Waals surface area contributed by atoms with E-state index in [2.05, 4.69) is 19.2 Å². The summed E-state index contributed by atoms with van der Waals surface area (Å²) in [6, 6.07) is 0.766. The summed E-state index contributed by atoms with van der Waals surface area (Å²) >= 11 is 0. The molecule has 0 saturated heterocycles.